The average molecular weight is 259 g/mol. The number of allylic oxidation sites excluding steroid dienone is 4. The highest BCUT2D eigenvalue weighted by molar-refractivity contribution is 5.39. The summed E-state index contributed by atoms with van der Waals surface area (Å²) in [6, 6.07) is 0. The van der Waals surface area contributed by atoms with Crippen LogP contribution in [0.4, 0.5) is 0 Å². The number of hydrogen-bond acceptors (Lipinski definition) is 1. The lowest BCUT2D eigenvalue weighted by Crippen LogP contribution is -2.30. The molecule has 0 bridgehead atoms. The van der Waals surface area contributed by atoms with Crippen LogP contribution in [0.25, 0.3) is 0 Å². The van der Waals surface area contributed by atoms with E-state index in [0.717, 1.165) is 5.92 Å². The summed E-state index contributed by atoms with van der Waals surface area (Å²) < 4.78 is 0. The molecule has 1 aliphatic heterocycles. The van der Waals surface area contributed by atoms with Gasteiger partial charge < -0.3 is 4.90 Å². The zero-order chi connectivity index (χ0) is 13.3. The van der Waals surface area contributed by atoms with Gasteiger partial charge in [-0.3, -0.25) is 0 Å². The molecule has 1 heterocycles. The van der Waals surface area contributed by atoms with Crippen molar-refractivity contribution in [2.45, 2.75) is 58.3 Å². The van der Waals surface area contributed by atoms with Gasteiger partial charge in [-0.15, -0.1) is 0 Å². The first kappa shape index (κ1) is 13.4. The van der Waals surface area contributed by atoms with Gasteiger partial charge in [0.2, 0.25) is 0 Å². The van der Waals surface area contributed by atoms with Crippen molar-refractivity contribution in [1.82, 2.24) is 4.90 Å². The molecular weight excluding hydrogens is 230 g/mol. The zero-order valence-electron chi connectivity index (χ0n) is 12.8. The fourth-order valence-corrected chi connectivity index (χ4v) is 4.08. The van der Waals surface area contributed by atoms with Crippen molar-refractivity contribution >= 4 is 0 Å². The van der Waals surface area contributed by atoms with E-state index in [2.05, 4.69) is 31.0 Å². The second-order valence-electron chi connectivity index (χ2n) is 7.40. The van der Waals surface area contributed by atoms with E-state index in [1.54, 1.807) is 11.1 Å². The Morgan fingerprint density at radius 3 is 2.74 bits per heavy atom. The number of rotatable bonds is 3. The summed E-state index contributed by atoms with van der Waals surface area (Å²) in [6.07, 6.45) is 16.2. The van der Waals surface area contributed by atoms with Crippen LogP contribution in [0.15, 0.2) is 23.3 Å². The smallest absolute Gasteiger partial charge is 0.00191 e. The molecule has 1 saturated heterocycles. The quantitative estimate of drug-likeness (QED) is 0.718. The van der Waals surface area contributed by atoms with Crippen LogP contribution in [0.5, 0.6) is 0 Å². The van der Waals surface area contributed by atoms with E-state index in [1.165, 1.54) is 64.5 Å². The molecule has 0 radical (unpaired) electrons. The zero-order valence-corrected chi connectivity index (χ0v) is 12.8. The van der Waals surface area contributed by atoms with Crippen LogP contribution >= 0.6 is 0 Å². The third-order valence-electron chi connectivity index (χ3n) is 5.60. The van der Waals surface area contributed by atoms with E-state index in [9.17, 15) is 0 Å². The monoisotopic (exact) mass is 259 g/mol. The summed E-state index contributed by atoms with van der Waals surface area (Å²) in [6.45, 7) is 5.11. The summed E-state index contributed by atoms with van der Waals surface area (Å²) in [4.78, 5) is 2.48. The predicted octanol–water partition coefficient (Wildman–Crippen LogP) is 4.56. The van der Waals surface area contributed by atoms with E-state index in [-0.39, 0.29) is 0 Å². The van der Waals surface area contributed by atoms with Gasteiger partial charge in [-0.25, -0.2) is 0 Å². The molecule has 19 heavy (non-hydrogen) atoms. The molecule has 0 amide bonds. The molecule has 3 aliphatic rings. The lowest BCUT2D eigenvalue weighted by molar-refractivity contribution is 0.197. The highest BCUT2D eigenvalue weighted by Gasteiger charge is 2.29. The van der Waals surface area contributed by atoms with Gasteiger partial charge >= 0.3 is 0 Å². The Balaban J connectivity index is 1.54. The van der Waals surface area contributed by atoms with Crippen LogP contribution in [-0.2, 0) is 0 Å². The summed E-state index contributed by atoms with van der Waals surface area (Å²) in [5, 5.41) is 0. The van der Waals surface area contributed by atoms with E-state index in [0.29, 0.717) is 5.41 Å². The molecule has 1 heteroatoms. The maximum Gasteiger partial charge on any atom is -0.00191 e. The van der Waals surface area contributed by atoms with Crippen molar-refractivity contribution in [3.8, 4) is 0 Å². The van der Waals surface area contributed by atoms with E-state index >= 15 is 0 Å². The molecule has 1 atom stereocenters. The second-order valence-corrected chi connectivity index (χ2v) is 7.40. The summed E-state index contributed by atoms with van der Waals surface area (Å²) >= 11 is 0. The largest absolute Gasteiger partial charge is 0.306 e. The second kappa shape index (κ2) is 5.44. The van der Waals surface area contributed by atoms with Crippen LogP contribution < -0.4 is 0 Å². The van der Waals surface area contributed by atoms with Crippen molar-refractivity contribution < 1.29 is 0 Å². The van der Waals surface area contributed by atoms with Crippen molar-refractivity contribution in [1.29, 1.82) is 0 Å². The van der Waals surface area contributed by atoms with Crippen molar-refractivity contribution in [2.24, 2.45) is 11.3 Å². The fourth-order valence-electron chi connectivity index (χ4n) is 4.08. The molecule has 0 spiro atoms. The first-order valence-corrected chi connectivity index (χ1v) is 8.24. The molecule has 0 aromatic carbocycles. The first-order chi connectivity index (χ1) is 9.15. The van der Waals surface area contributed by atoms with Crippen LogP contribution in [0.2, 0.25) is 0 Å². The highest BCUT2D eigenvalue weighted by Crippen LogP contribution is 2.43. The van der Waals surface area contributed by atoms with E-state index in [4.69, 9.17) is 0 Å². The normalized spacial score (nSPS) is 32.9. The summed E-state index contributed by atoms with van der Waals surface area (Å²) in [5.41, 5.74) is 3.83. The van der Waals surface area contributed by atoms with Crippen LogP contribution in [0.3, 0.4) is 0 Å². The molecule has 0 aromatic heterocycles. The maximum atomic E-state index is 2.64. The Labute approximate surface area is 118 Å². The number of hydrogen-bond donors (Lipinski definition) is 0. The predicted molar refractivity (Wildman–Crippen MR) is 82.2 cm³/mol. The lowest BCUT2D eigenvalue weighted by atomic mass is 9.74. The molecule has 0 N–H and O–H groups in total. The molecule has 2 aliphatic carbocycles. The van der Waals surface area contributed by atoms with Gasteiger partial charge in [-0.2, -0.15) is 0 Å². The molecule has 106 valence electrons. The van der Waals surface area contributed by atoms with Gasteiger partial charge in [0.1, 0.15) is 0 Å². The number of fused-ring (bicyclic) bond motifs is 1. The van der Waals surface area contributed by atoms with Gasteiger partial charge in [-0.1, -0.05) is 19.1 Å². The minimum atomic E-state index is 0.465. The topological polar surface area (TPSA) is 3.24 Å². The minimum Gasteiger partial charge on any atom is -0.306 e. The Morgan fingerprint density at radius 1 is 1.21 bits per heavy atom. The van der Waals surface area contributed by atoms with Crippen molar-refractivity contribution in [2.75, 3.05) is 20.1 Å². The molecule has 1 saturated carbocycles. The summed E-state index contributed by atoms with van der Waals surface area (Å²) in [7, 11) is 2.26. The Bertz CT molecular complexity index is 384. The van der Waals surface area contributed by atoms with Crippen LogP contribution in [0, 0.1) is 11.3 Å². The molecule has 1 unspecified atom stereocenters. The van der Waals surface area contributed by atoms with Crippen molar-refractivity contribution in [3.05, 3.63) is 23.3 Å². The number of likely N-dealkylation sites (tertiary alicyclic amines) is 1. The van der Waals surface area contributed by atoms with Crippen LogP contribution in [0.1, 0.15) is 58.3 Å². The van der Waals surface area contributed by atoms with Gasteiger partial charge in [0.25, 0.3) is 0 Å². The number of piperidine rings is 1. The standard InChI is InChI=1S/C18H29N/c1-18(10-6-15-8-12-19(2)13-9-15)11-7-16-4-3-5-17(16)14-18/h7,14-15H,3-6,8-13H2,1-2H3. The van der Waals surface area contributed by atoms with Crippen molar-refractivity contribution in [3.63, 3.8) is 0 Å². The molecule has 3 rings (SSSR count). The minimum absolute atomic E-state index is 0.465. The molecular formula is C18H29N. The first-order valence-electron chi connectivity index (χ1n) is 8.24. The van der Waals surface area contributed by atoms with Gasteiger partial charge in [0.05, 0.1) is 0 Å². The molecule has 1 nitrogen and oxygen atoms in total. The third kappa shape index (κ3) is 3.13. The molecule has 2 fully saturated rings. The third-order valence-corrected chi connectivity index (χ3v) is 5.60. The average Bonchev–Trinajstić information content (AvgIpc) is 2.85. The fraction of sp³-hybridized carbons (Fsp3) is 0.778. The van der Waals surface area contributed by atoms with Gasteiger partial charge in [0, 0.05) is 0 Å². The van der Waals surface area contributed by atoms with Crippen LogP contribution in [-0.4, -0.2) is 25.0 Å². The Kier molecular flexibility index (Phi) is 3.84. The highest BCUT2D eigenvalue weighted by atomic mass is 15.1. The van der Waals surface area contributed by atoms with E-state index in [1.807, 2.05) is 0 Å². The van der Waals surface area contributed by atoms with E-state index < -0.39 is 0 Å². The summed E-state index contributed by atoms with van der Waals surface area (Å²) in [5.74, 6) is 0.986. The van der Waals surface area contributed by atoms with Gasteiger partial charge in [0.15, 0.2) is 0 Å². The molecule has 0 aromatic rings. The SMILES string of the molecule is CN1CCC(CCC2(C)C=C3CCCC3=CC2)CC1. The number of nitrogens with zero attached hydrogens (tertiary/aromatic N) is 1. The lowest BCUT2D eigenvalue weighted by Gasteiger charge is -2.34. The Hall–Kier alpha value is -0.560. The Morgan fingerprint density at radius 2 is 1.95 bits per heavy atom. The van der Waals surface area contributed by atoms with Gasteiger partial charge in [-0.05, 0) is 94.0 Å². The maximum absolute atomic E-state index is 2.64.